The lowest BCUT2D eigenvalue weighted by Gasteiger charge is -2.32. The lowest BCUT2D eigenvalue weighted by atomic mass is 9.81. The van der Waals surface area contributed by atoms with Gasteiger partial charge in [0.2, 0.25) is 0 Å². The molecule has 2 aromatic rings. The number of halogens is 1. The molecule has 3 fully saturated rings. The number of urea groups is 1. The van der Waals surface area contributed by atoms with Gasteiger partial charge in [0.15, 0.2) is 0 Å². The van der Waals surface area contributed by atoms with Crippen molar-refractivity contribution in [3.05, 3.63) is 51.2 Å². The highest BCUT2D eigenvalue weighted by molar-refractivity contribution is 7.18. The van der Waals surface area contributed by atoms with Crippen LogP contribution in [0.1, 0.15) is 41.9 Å². The van der Waals surface area contributed by atoms with Gasteiger partial charge < -0.3 is 15.0 Å². The molecule has 8 nitrogen and oxygen atoms in total. The first kappa shape index (κ1) is 25.2. The molecule has 192 valence electrons. The van der Waals surface area contributed by atoms with E-state index < -0.39 is 12.1 Å². The summed E-state index contributed by atoms with van der Waals surface area (Å²) in [6.45, 7) is 9.38. The zero-order valence-electron chi connectivity index (χ0n) is 20.5. The topological polar surface area (TPSA) is 82.2 Å². The highest BCUT2D eigenvalue weighted by Crippen LogP contribution is 2.34. The molecule has 0 saturated carbocycles. The van der Waals surface area contributed by atoms with Crippen LogP contribution in [0.4, 0.5) is 10.5 Å². The molecule has 1 N–H and O–H groups in total. The molecule has 0 radical (unpaired) electrons. The molecule has 4 amide bonds. The first-order valence-electron chi connectivity index (χ1n) is 12.4. The lowest BCUT2D eigenvalue weighted by molar-refractivity contribution is -0.119. The SMILES string of the molecule is CC(C)(CCN1CCOCC1)c1ccc(N2C(=O)[C@@H]3[C@H](NC(=O)c4ccc(Cl)s4)CCN3C2=O)cc1. The van der Waals surface area contributed by atoms with E-state index in [1.54, 1.807) is 17.0 Å². The number of nitrogens with zero attached hydrogens (tertiary/aromatic N) is 3. The Hall–Kier alpha value is -2.46. The van der Waals surface area contributed by atoms with Crippen LogP contribution in [0.3, 0.4) is 0 Å². The van der Waals surface area contributed by atoms with Gasteiger partial charge in [-0.3, -0.25) is 14.5 Å². The first-order valence-corrected chi connectivity index (χ1v) is 13.6. The van der Waals surface area contributed by atoms with Crippen molar-refractivity contribution in [1.29, 1.82) is 0 Å². The van der Waals surface area contributed by atoms with Gasteiger partial charge in [0.25, 0.3) is 11.8 Å². The Kier molecular flexibility index (Phi) is 7.09. The predicted octanol–water partition coefficient (Wildman–Crippen LogP) is 3.74. The Morgan fingerprint density at radius 1 is 1.11 bits per heavy atom. The van der Waals surface area contributed by atoms with Crippen LogP contribution in [0.15, 0.2) is 36.4 Å². The average Bonchev–Trinajstić information content (AvgIpc) is 3.56. The summed E-state index contributed by atoms with van der Waals surface area (Å²) in [5.74, 6) is -0.576. The van der Waals surface area contributed by atoms with E-state index in [1.807, 2.05) is 24.3 Å². The van der Waals surface area contributed by atoms with Gasteiger partial charge in [-0.05, 0) is 54.6 Å². The van der Waals surface area contributed by atoms with Crippen molar-refractivity contribution in [3.8, 4) is 0 Å². The summed E-state index contributed by atoms with van der Waals surface area (Å²) in [4.78, 5) is 44.9. The quantitative estimate of drug-likeness (QED) is 0.551. The van der Waals surface area contributed by atoms with Crippen molar-refractivity contribution in [2.24, 2.45) is 0 Å². The number of nitrogens with one attached hydrogen (secondary N) is 1. The van der Waals surface area contributed by atoms with E-state index in [-0.39, 0.29) is 23.3 Å². The Morgan fingerprint density at radius 2 is 1.83 bits per heavy atom. The molecule has 2 atom stereocenters. The number of rotatable bonds is 7. The van der Waals surface area contributed by atoms with Gasteiger partial charge in [0.05, 0.1) is 34.2 Å². The fraction of sp³-hybridized carbons (Fsp3) is 0.500. The smallest absolute Gasteiger partial charge is 0.332 e. The predicted molar refractivity (Wildman–Crippen MR) is 140 cm³/mol. The molecule has 1 aromatic carbocycles. The van der Waals surface area contributed by atoms with Gasteiger partial charge in [-0.25, -0.2) is 9.69 Å². The van der Waals surface area contributed by atoms with Crippen molar-refractivity contribution >= 4 is 46.5 Å². The van der Waals surface area contributed by atoms with Crippen LogP contribution in [0, 0.1) is 0 Å². The monoisotopic (exact) mass is 530 g/mol. The van der Waals surface area contributed by atoms with Crippen molar-refractivity contribution < 1.29 is 19.1 Å². The number of ether oxygens (including phenoxy) is 1. The van der Waals surface area contributed by atoms with E-state index in [0.29, 0.717) is 27.9 Å². The lowest BCUT2D eigenvalue weighted by Crippen LogP contribution is -2.46. The molecule has 0 aliphatic carbocycles. The number of morpholine rings is 1. The van der Waals surface area contributed by atoms with Gasteiger partial charge in [-0.15, -0.1) is 11.3 Å². The molecule has 3 aliphatic rings. The zero-order chi connectivity index (χ0) is 25.4. The Morgan fingerprint density at radius 3 is 2.50 bits per heavy atom. The molecule has 36 heavy (non-hydrogen) atoms. The number of thiophene rings is 1. The number of imide groups is 1. The fourth-order valence-corrected chi connectivity index (χ4v) is 6.15. The number of carbonyl (C=O) groups is 3. The van der Waals surface area contributed by atoms with Crippen LogP contribution < -0.4 is 10.2 Å². The molecule has 5 rings (SSSR count). The molecule has 1 aromatic heterocycles. The number of anilines is 1. The normalized spacial score (nSPS) is 22.9. The minimum absolute atomic E-state index is 0.0457. The van der Waals surface area contributed by atoms with Gasteiger partial charge in [-0.2, -0.15) is 0 Å². The highest BCUT2D eigenvalue weighted by Gasteiger charge is 2.53. The Balaban J connectivity index is 1.25. The molecule has 0 unspecified atom stereocenters. The summed E-state index contributed by atoms with van der Waals surface area (Å²) in [5.41, 5.74) is 1.68. The van der Waals surface area contributed by atoms with Gasteiger partial charge in [0, 0.05) is 19.6 Å². The summed E-state index contributed by atoms with van der Waals surface area (Å²) in [6.07, 6.45) is 1.54. The molecule has 3 saturated heterocycles. The van der Waals surface area contributed by atoms with E-state index in [2.05, 4.69) is 24.1 Å². The third-order valence-corrected chi connectivity index (χ3v) is 8.72. The Bertz CT molecular complexity index is 1150. The van der Waals surface area contributed by atoms with Crippen LogP contribution >= 0.6 is 22.9 Å². The minimum Gasteiger partial charge on any atom is -0.379 e. The van der Waals surface area contributed by atoms with E-state index in [9.17, 15) is 14.4 Å². The van der Waals surface area contributed by atoms with Crippen molar-refractivity contribution in [3.63, 3.8) is 0 Å². The summed E-state index contributed by atoms with van der Waals surface area (Å²) in [7, 11) is 0. The second-order valence-electron chi connectivity index (χ2n) is 10.2. The zero-order valence-corrected chi connectivity index (χ0v) is 22.1. The maximum atomic E-state index is 13.4. The van der Waals surface area contributed by atoms with E-state index >= 15 is 0 Å². The number of carbonyl (C=O) groups excluding carboxylic acids is 3. The molecule has 10 heteroatoms. The number of fused-ring (bicyclic) bond motifs is 1. The minimum atomic E-state index is -0.693. The van der Waals surface area contributed by atoms with E-state index in [1.165, 1.54) is 21.8 Å². The second kappa shape index (κ2) is 10.1. The summed E-state index contributed by atoms with van der Waals surface area (Å²) >= 11 is 7.14. The van der Waals surface area contributed by atoms with Crippen LogP contribution in [0.5, 0.6) is 0 Å². The Labute approximate surface area is 220 Å². The number of amides is 4. The van der Waals surface area contributed by atoms with Crippen LogP contribution in [-0.2, 0) is 14.9 Å². The maximum absolute atomic E-state index is 13.4. The van der Waals surface area contributed by atoms with Gasteiger partial charge in [-0.1, -0.05) is 37.6 Å². The number of hydrogen-bond acceptors (Lipinski definition) is 6. The van der Waals surface area contributed by atoms with Crippen molar-refractivity contribution in [1.82, 2.24) is 15.1 Å². The standard InChI is InChI=1S/C26H31ClN4O4S/c1-26(2,10-12-29-13-15-35-16-14-29)17-3-5-18(6-4-17)31-24(33)22-19(9-11-30(22)25(31)34)28-23(32)20-7-8-21(27)36-20/h3-8,19,22H,9-16H2,1-2H3,(H,28,32)/t19-,22+/m1/s1. The maximum Gasteiger partial charge on any atom is 0.332 e. The number of benzene rings is 1. The molecule has 0 spiro atoms. The summed E-state index contributed by atoms with van der Waals surface area (Å²) < 4.78 is 5.97. The van der Waals surface area contributed by atoms with Gasteiger partial charge >= 0.3 is 6.03 Å². The summed E-state index contributed by atoms with van der Waals surface area (Å²) in [6, 6.07) is 9.60. The van der Waals surface area contributed by atoms with Gasteiger partial charge in [0.1, 0.15) is 6.04 Å². The van der Waals surface area contributed by atoms with Crippen molar-refractivity contribution in [2.45, 2.75) is 44.2 Å². The van der Waals surface area contributed by atoms with Crippen LogP contribution in [-0.4, -0.2) is 79.1 Å². The average molecular weight is 531 g/mol. The largest absolute Gasteiger partial charge is 0.379 e. The van der Waals surface area contributed by atoms with Crippen LogP contribution in [0.2, 0.25) is 4.34 Å². The van der Waals surface area contributed by atoms with E-state index in [0.717, 1.165) is 39.3 Å². The third-order valence-electron chi connectivity index (χ3n) is 7.49. The van der Waals surface area contributed by atoms with E-state index in [4.69, 9.17) is 16.3 Å². The number of hydrogen-bond donors (Lipinski definition) is 1. The highest BCUT2D eigenvalue weighted by atomic mass is 35.5. The molecular formula is C26H31ClN4O4S. The van der Waals surface area contributed by atoms with Crippen LogP contribution in [0.25, 0.3) is 0 Å². The molecular weight excluding hydrogens is 500 g/mol. The molecule has 4 heterocycles. The second-order valence-corrected chi connectivity index (χ2v) is 11.9. The fourth-order valence-electron chi connectivity index (χ4n) is 5.20. The van der Waals surface area contributed by atoms with Crippen molar-refractivity contribution in [2.75, 3.05) is 44.3 Å². The summed E-state index contributed by atoms with van der Waals surface area (Å²) in [5, 5.41) is 2.93. The third kappa shape index (κ3) is 4.89. The first-order chi connectivity index (χ1) is 17.2. The molecule has 0 bridgehead atoms. The molecule has 3 aliphatic heterocycles.